The van der Waals surface area contributed by atoms with Crippen LogP contribution in [0.1, 0.15) is 28.4 Å². The standard InChI is InChI=1S/C23H20BrN3O6/c1-13(2)15-9-7-14(8-10-15)12-26-21(31)19(20(30)25-11-18(28)29)22(32)27(23(26)33)17-6-4-3-5-16(17)24/h3-10,32H,1,11-12H2,2H3,(H,25,30)(H,28,29). The molecular weight excluding hydrogens is 494 g/mol. The first-order valence-corrected chi connectivity index (χ1v) is 10.5. The summed E-state index contributed by atoms with van der Waals surface area (Å²) in [6, 6.07) is 13.5. The van der Waals surface area contributed by atoms with Crippen molar-refractivity contribution >= 4 is 33.4 Å². The van der Waals surface area contributed by atoms with Gasteiger partial charge in [0.2, 0.25) is 5.88 Å². The van der Waals surface area contributed by atoms with Gasteiger partial charge in [-0.1, -0.05) is 48.6 Å². The van der Waals surface area contributed by atoms with Gasteiger partial charge in [0.25, 0.3) is 11.5 Å². The number of aromatic hydroxyl groups is 1. The zero-order valence-electron chi connectivity index (χ0n) is 17.5. The van der Waals surface area contributed by atoms with Crippen molar-refractivity contribution < 1.29 is 19.8 Å². The molecule has 0 unspecified atom stereocenters. The molecule has 0 aliphatic carbocycles. The normalized spacial score (nSPS) is 10.6. The number of allylic oxidation sites excluding steroid dienone is 1. The van der Waals surface area contributed by atoms with Crippen molar-refractivity contribution in [1.82, 2.24) is 14.5 Å². The first-order valence-electron chi connectivity index (χ1n) is 9.70. The second-order valence-corrected chi connectivity index (χ2v) is 8.07. The second-order valence-electron chi connectivity index (χ2n) is 7.21. The first kappa shape index (κ1) is 23.7. The highest BCUT2D eigenvalue weighted by Crippen LogP contribution is 2.24. The third-order valence-electron chi connectivity index (χ3n) is 4.82. The molecule has 0 radical (unpaired) electrons. The monoisotopic (exact) mass is 513 g/mol. The van der Waals surface area contributed by atoms with Crippen LogP contribution in [0.2, 0.25) is 0 Å². The lowest BCUT2D eigenvalue weighted by molar-refractivity contribution is -0.135. The molecule has 0 aliphatic rings. The highest BCUT2D eigenvalue weighted by Gasteiger charge is 2.26. The molecule has 3 aromatic rings. The fourth-order valence-electron chi connectivity index (χ4n) is 3.15. The molecule has 1 amide bonds. The molecular formula is C23H20BrN3O6. The minimum Gasteiger partial charge on any atom is -0.493 e. The number of para-hydroxylation sites is 1. The molecule has 0 saturated heterocycles. The predicted octanol–water partition coefficient (Wildman–Crippen LogP) is 2.36. The van der Waals surface area contributed by atoms with Gasteiger partial charge >= 0.3 is 11.7 Å². The van der Waals surface area contributed by atoms with Crippen molar-refractivity contribution in [1.29, 1.82) is 0 Å². The van der Waals surface area contributed by atoms with E-state index in [0.717, 1.165) is 20.3 Å². The molecule has 0 atom stereocenters. The van der Waals surface area contributed by atoms with Gasteiger partial charge in [-0.05, 0) is 46.1 Å². The number of aliphatic carboxylic acids is 1. The van der Waals surface area contributed by atoms with Gasteiger partial charge in [0, 0.05) is 4.47 Å². The van der Waals surface area contributed by atoms with E-state index in [1.54, 1.807) is 42.5 Å². The molecule has 0 bridgehead atoms. The van der Waals surface area contributed by atoms with Crippen LogP contribution in [0.5, 0.6) is 5.88 Å². The largest absolute Gasteiger partial charge is 0.493 e. The molecule has 1 aromatic heterocycles. The Kier molecular flexibility index (Phi) is 6.98. The number of carbonyl (C=O) groups is 2. The van der Waals surface area contributed by atoms with E-state index in [4.69, 9.17) is 5.11 Å². The van der Waals surface area contributed by atoms with E-state index in [0.29, 0.717) is 10.0 Å². The highest BCUT2D eigenvalue weighted by molar-refractivity contribution is 9.10. The molecule has 0 spiro atoms. The van der Waals surface area contributed by atoms with Crippen molar-refractivity contribution in [3.05, 3.63) is 97.1 Å². The van der Waals surface area contributed by atoms with Crippen molar-refractivity contribution in [2.75, 3.05) is 6.54 Å². The predicted molar refractivity (Wildman–Crippen MR) is 126 cm³/mol. The lowest BCUT2D eigenvalue weighted by atomic mass is 10.1. The number of aromatic nitrogens is 2. The van der Waals surface area contributed by atoms with Gasteiger partial charge in [0.1, 0.15) is 6.54 Å². The zero-order valence-corrected chi connectivity index (χ0v) is 19.1. The minimum absolute atomic E-state index is 0.182. The second kappa shape index (κ2) is 9.70. The van der Waals surface area contributed by atoms with E-state index in [1.807, 2.05) is 6.92 Å². The SMILES string of the molecule is C=C(C)c1ccc(Cn2c(=O)c(C(=O)NCC(=O)O)c(O)n(-c3ccccc3Br)c2=O)cc1. The molecule has 10 heteroatoms. The fraction of sp³-hybridized carbons (Fsp3) is 0.130. The maximum absolute atomic E-state index is 13.3. The van der Waals surface area contributed by atoms with Crippen molar-refractivity contribution in [3.8, 4) is 11.6 Å². The Labute approximate surface area is 196 Å². The minimum atomic E-state index is -1.33. The molecule has 3 N–H and O–H groups in total. The average Bonchev–Trinajstić information content (AvgIpc) is 2.77. The number of carbonyl (C=O) groups excluding carboxylic acids is 1. The van der Waals surface area contributed by atoms with E-state index in [2.05, 4.69) is 27.8 Å². The molecule has 33 heavy (non-hydrogen) atoms. The van der Waals surface area contributed by atoms with Gasteiger partial charge in [0.05, 0.1) is 12.2 Å². The molecule has 1 heterocycles. The number of hydrogen-bond acceptors (Lipinski definition) is 5. The van der Waals surface area contributed by atoms with Crippen LogP contribution in [-0.4, -0.2) is 37.8 Å². The number of carboxylic acids is 1. The average molecular weight is 514 g/mol. The van der Waals surface area contributed by atoms with Gasteiger partial charge in [-0.25, -0.2) is 9.36 Å². The lowest BCUT2D eigenvalue weighted by Gasteiger charge is -2.16. The topological polar surface area (TPSA) is 131 Å². The van der Waals surface area contributed by atoms with E-state index < -0.39 is 41.1 Å². The summed E-state index contributed by atoms with van der Waals surface area (Å²) in [5.74, 6) is -3.35. The van der Waals surface area contributed by atoms with Crippen molar-refractivity contribution in [2.45, 2.75) is 13.5 Å². The third-order valence-corrected chi connectivity index (χ3v) is 5.50. The van der Waals surface area contributed by atoms with E-state index >= 15 is 0 Å². The number of amides is 1. The maximum atomic E-state index is 13.3. The fourth-order valence-corrected chi connectivity index (χ4v) is 3.61. The maximum Gasteiger partial charge on any atom is 0.338 e. The summed E-state index contributed by atoms with van der Waals surface area (Å²) >= 11 is 3.30. The summed E-state index contributed by atoms with van der Waals surface area (Å²) < 4.78 is 2.06. The Balaban J connectivity index is 2.23. The first-order chi connectivity index (χ1) is 15.6. The molecule has 170 valence electrons. The number of hydrogen-bond donors (Lipinski definition) is 3. The summed E-state index contributed by atoms with van der Waals surface area (Å²) in [7, 11) is 0. The molecule has 3 rings (SSSR count). The molecule has 9 nitrogen and oxygen atoms in total. The Morgan fingerprint density at radius 1 is 1.09 bits per heavy atom. The molecule has 0 saturated carbocycles. The Hall–Kier alpha value is -3.92. The van der Waals surface area contributed by atoms with Crippen LogP contribution >= 0.6 is 15.9 Å². The van der Waals surface area contributed by atoms with Crippen LogP contribution in [0.3, 0.4) is 0 Å². The summed E-state index contributed by atoms with van der Waals surface area (Å²) in [5.41, 5.74) is -0.145. The summed E-state index contributed by atoms with van der Waals surface area (Å²) in [6.07, 6.45) is 0. The van der Waals surface area contributed by atoms with Crippen LogP contribution < -0.4 is 16.6 Å². The number of carboxylic acid groups (broad SMARTS) is 1. The van der Waals surface area contributed by atoms with Crippen LogP contribution in [0.4, 0.5) is 0 Å². The highest BCUT2D eigenvalue weighted by atomic mass is 79.9. The Morgan fingerprint density at radius 2 is 1.73 bits per heavy atom. The van der Waals surface area contributed by atoms with Crippen molar-refractivity contribution in [3.63, 3.8) is 0 Å². The smallest absolute Gasteiger partial charge is 0.338 e. The molecule has 2 aromatic carbocycles. The number of nitrogens with one attached hydrogen (secondary N) is 1. The summed E-state index contributed by atoms with van der Waals surface area (Å²) in [4.78, 5) is 49.8. The number of benzene rings is 2. The summed E-state index contributed by atoms with van der Waals surface area (Å²) in [5, 5.41) is 21.7. The van der Waals surface area contributed by atoms with Gasteiger partial charge in [-0.2, -0.15) is 0 Å². The number of halogens is 1. The van der Waals surface area contributed by atoms with Crippen LogP contribution in [0.15, 0.2) is 69.2 Å². The Morgan fingerprint density at radius 3 is 2.30 bits per heavy atom. The third kappa shape index (κ3) is 4.96. The molecule has 0 fully saturated rings. The van der Waals surface area contributed by atoms with E-state index in [1.165, 1.54) is 6.07 Å². The molecule has 0 aliphatic heterocycles. The van der Waals surface area contributed by atoms with E-state index in [9.17, 15) is 24.3 Å². The number of rotatable bonds is 7. The van der Waals surface area contributed by atoms with E-state index in [-0.39, 0.29) is 12.2 Å². The van der Waals surface area contributed by atoms with Gasteiger partial charge in [0.15, 0.2) is 5.56 Å². The van der Waals surface area contributed by atoms with Crippen LogP contribution in [0, 0.1) is 0 Å². The van der Waals surface area contributed by atoms with Crippen molar-refractivity contribution in [2.24, 2.45) is 0 Å². The van der Waals surface area contributed by atoms with Gasteiger partial charge in [-0.15, -0.1) is 0 Å². The summed E-state index contributed by atoms with van der Waals surface area (Å²) in [6.45, 7) is 4.76. The van der Waals surface area contributed by atoms with Crippen LogP contribution in [-0.2, 0) is 11.3 Å². The zero-order chi connectivity index (χ0) is 24.3. The number of nitrogens with zero attached hydrogens (tertiary/aromatic N) is 2. The Bertz CT molecular complexity index is 1370. The lowest BCUT2D eigenvalue weighted by Crippen LogP contribution is -2.44. The quantitative estimate of drug-likeness (QED) is 0.444. The van der Waals surface area contributed by atoms with Gasteiger partial charge < -0.3 is 15.5 Å². The van der Waals surface area contributed by atoms with Crippen LogP contribution in [0.25, 0.3) is 11.3 Å². The van der Waals surface area contributed by atoms with Gasteiger partial charge in [-0.3, -0.25) is 19.0 Å².